The first-order chi connectivity index (χ1) is 5.05. The molecule has 1 N–H and O–H groups in total. The average molecular weight is 158 g/mol. The molecule has 0 rings (SSSR count). The van der Waals surface area contributed by atoms with Gasteiger partial charge in [-0.3, -0.25) is 0 Å². The van der Waals surface area contributed by atoms with Gasteiger partial charge in [0.15, 0.2) is 0 Å². The lowest BCUT2D eigenvalue weighted by Crippen LogP contribution is -2.18. The standard InChI is InChI=1S/C10H22O/c1-5-9(8-11)7-10(3,4)6-2/h9,11H,5-8H2,1-4H3. The van der Waals surface area contributed by atoms with E-state index in [4.69, 9.17) is 5.11 Å². The number of rotatable bonds is 5. The summed E-state index contributed by atoms with van der Waals surface area (Å²) in [6.45, 7) is 9.24. The van der Waals surface area contributed by atoms with Gasteiger partial charge in [-0.25, -0.2) is 0 Å². The van der Waals surface area contributed by atoms with Crippen LogP contribution in [0, 0.1) is 11.3 Å². The molecule has 0 radical (unpaired) electrons. The highest BCUT2D eigenvalue weighted by molar-refractivity contribution is 4.70. The van der Waals surface area contributed by atoms with Crippen molar-refractivity contribution >= 4 is 0 Å². The van der Waals surface area contributed by atoms with Crippen LogP contribution in [-0.4, -0.2) is 11.7 Å². The van der Waals surface area contributed by atoms with Crippen molar-refractivity contribution in [3.8, 4) is 0 Å². The van der Waals surface area contributed by atoms with Gasteiger partial charge in [0.1, 0.15) is 0 Å². The Kier molecular flexibility index (Phi) is 4.74. The lowest BCUT2D eigenvalue weighted by Gasteiger charge is -2.26. The zero-order chi connectivity index (χ0) is 8.91. The zero-order valence-electron chi connectivity index (χ0n) is 8.35. The fourth-order valence-electron chi connectivity index (χ4n) is 1.26. The molecule has 0 aromatic rings. The SMILES string of the molecule is CCC(CO)CC(C)(C)CC. The minimum atomic E-state index is 0.347. The average Bonchev–Trinajstić information content (AvgIpc) is 2.00. The Hall–Kier alpha value is -0.0400. The van der Waals surface area contributed by atoms with E-state index in [0.717, 1.165) is 12.8 Å². The molecule has 0 aromatic heterocycles. The summed E-state index contributed by atoms with van der Waals surface area (Å²) in [6, 6.07) is 0. The molecule has 0 aliphatic carbocycles. The van der Waals surface area contributed by atoms with Crippen LogP contribution in [0.5, 0.6) is 0 Å². The van der Waals surface area contributed by atoms with Crippen molar-refractivity contribution in [1.29, 1.82) is 0 Å². The first-order valence-electron chi connectivity index (χ1n) is 4.66. The molecule has 0 saturated carbocycles. The molecule has 0 aromatic carbocycles. The molecule has 0 heterocycles. The van der Waals surface area contributed by atoms with Crippen molar-refractivity contribution in [2.45, 2.75) is 47.0 Å². The topological polar surface area (TPSA) is 20.2 Å². The van der Waals surface area contributed by atoms with Crippen molar-refractivity contribution in [2.75, 3.05) is 6.61 Å². The second-order valence-electron chi connectivity index (χ2n) is 4.18. The number of aliphatic hydroxyl groups excluding tert-OH is 1. The van der Waals surface area contributed by atoms with E-state index in [2.05, 4.69) is 27.7 Å². The number of hydrogen-bond donors (Lipinski definition) is 1. The fraction of sp³-hybridized carbons (Fsp3) is 1.00. The molecule has 0 bridgehead atoms. The normalized spacial score (nSPS) is 15.0. The highest BCUT2D eigenvalue weighted by Gasteiger charge is 2.19. The van der Waals surface area contributed by atoms with Crippen LogP contribution >= 0.6 is 0 Å². The van der Waals surface area contributed by atoms with Gasteiger partial charge in [-0.05, 0) is 17.8 Å². The molecule has 1 heteroatoms. The smallest absolute Gasteiger partial charge is 0.0459 e. The molecule has 1 atom stereocenters. The van der Waals surface area contributed by atoms with Crippen LogP contribution < -0.4 is 0 Å². The molecule has 0 spiro atoms. The zero-order valence-corrected chi connectivity index (χ0v) is 8.35. The quantitative estimate of drug-likeness (QED) is 0.652. The van der Waals surface area contributed by atoms with Gasteiger partial charge in [0.05, 0.1) is 0 Å². The Bertz CT molecular complexity index is 93.0. The molecule has 1 unspecified atom stereocenters. The Morgan fingerprint density at radius 2 is 1.82 bits per heavy atom. The van der Waals surface area contributed by atoms with Crippen LogP contribution in [0.25, 0.3) is 0 Å². The van der Waals surface area contributed by atoms with Gasteiger partial charge < -0.3 is 5.11 Å². The lowest BCUT2D eigenvalue weighted by molar-refractivity contribution is 0.164. The monoisotopic (exact) mass is 158 g/mol. The summed E-state index contributed by atoms with van der Waals surface area (Å²) in [4.78, 5) is 0. The van der Waals surface area contributed by atoms with Crippen LogP contribution in [0.3, 0.4) is 0 Å². The number of aliphatic hydroxyl groups is 1. The summed E-state index contributed by atoms with van der Waals surface area (Å²) in [5.74, 6) is 0.505. The van der Waals surface area contributed by atoms with Crippen LogP contribution in [0.1, 0.15) is 47.0 Å². The third-order valence-corrected chi connectivity index (χ3v) is 2.63. The van der Waals surface area contributed by atoms with Gasteiger partial charge >= 0.3 is 0 Å². The Labute approximate surface area is 70.8 Å². The second-order valence-corrected chi connectivity index (χ2v) is 4.18. The van der Waals surface area contributed by atoms with E-state index < -0.39 is 0 Å². The minimum Gasteiger partial charge on any atom is -0.396 e. The maximum Gasteiger partial charge on any atom is 0.0459 e. The van der Waals surface area contributed by atoms with E-state index in [0.29, 0.717) is 17.9 Å². The number of hydrogen-bond acceptors (Lipinski definition) is 1. The van der Waals surface area contributed by atoms with Crippen LogP contribution in [0.15, 0.2) is 0 Å². The van der Waals surface area contributed by atoms with Crippen LogP contribution in [-0.2, 0) is 0 Å². The van der Waals surface area contributed by atoms with Crippen LogP contribution in [0.4, 0.5) is 0 Å². The van der Waals surface area contributed by atoms with Crippen molar-refractivity contribution in [1.82, 2.24) is 0 Å². The highest BCUT2D eigenvalue weighted by atomic mass is 16.3. The lowest BCUT2D eigenvalue weighted by atomic mass is 9.80. The third kappa shape index (κ3) is 4.41. The first-order valence-corrected chi connectivity index (χ1v) is 4.66. The molecule has 0 amide bonds. The van der Waals surface area contributed by atoms with Crippen LogP contribution in [0.2, 0.25) is 0 Å². The molecule has 0 aliphatic heterocycles. The Morgan fingerprint density at radius 1 is 1.27 bits per heavy atom. The summed E-state index contributed by atoms with van der Waals surface area (Å²) in [5.41, 5.74) is 0.406. The largest absolute Gasteiger partial charge is 0.396 e. The molecule has 1 nitrogen and oxygen atoms in total. The predicted molar refractivity (Wildman–Crippen MR) is 49.6 cm³/mol. The van der Waals surface area contributed by atoms with E-state index in [1.807, 2.05) is 0 Å². The summed E-state index contributed by atoms with van der Waals surface area (Å²) in [5, 5.41) is 8.98. The summed E-state index contributed by atoms with van der Waals surface area (Å²) in [7, 11) is 0. The van der Waals surface area contributed by atoms with Crippen molar-refractivity contribution in [2.24, 2.45) is 11.3 Å². The van der Waals surface area contributed by atoms with Gasteiger partial charge in [0.25, 0.3) is 0 Å². The van der Waals surface area contributed by atoms with Gasteiger partial charge in [-0.15, -0.1) is 0 Å². The molecular formula is C10H22O. The molecule has 0 fully saturated rings. The predicted octanol–water partition coefficient (Wildman–Crippen LogP) is 2.83. The molecule has 0 saturated heterocycles. The first kappa shape index (κ1) is 11.0. The second kappa shape index (κ2) is 4.76. The minimum absolute atomic E-state index is 0.347. The Morgan fingerprint density at radius 3 is 2.09 bits per heavy atom. The van der Waals surface area contributed by atoms with E-state index in [1.54, 1.807) is 0 Å². The van der Waals surface area contributed by atoms with E-state index >= 15 is 0 Å². The van der Waals surface area contributed by atoms with Crippen molar-refractivity contribution in [3.63, 3.8) is 0 Å². The van der Waals surface area contributed by atoms with E-state index in [9.17, 15) is 0 Å². The molecule has 11 heavy (non-hydrogen) atoms. The summed E-state index contributed by atoms with van der Waals surface area (Å²) in [6.07, 6.45) is 3.44. The molecular weight excluding hydrogens is 136 g/mol. The van der Waals surface area contributed by atoms with Gasteiger partial charge in [-0.1, -0.05) is 40.5 Å². The van der Waals surface area contributed by atoms with Crippen molar-refractivity contribution in [3.05, 3.63) is 0 Å². The van der Waals surface area contributed by atoms with Gasteiger partial charge in [0, 0.05) is 6.61 Å². The van der Waals surface area contributed by atoms with E-state index in [-0.39, 0.29) is 0 Å². The summed E-state index contributed by atoms with van der Waals surface area (Å²) < 4.78 is 0. The van der Waals surface area contributed by atoms with E-state index in [1.165, 1.54) is 6.42 Å². The fourth-order valence-corrected chi connectivity index (χ4v) is 1.26. The molecule has 68 valence electrons. The molecule has 0 aliphatic rings. The third-order valence-electron chi connectivity index (χ3n) is 2.63. The van der Waals surface area contributed by atoms with Gasteiger partial charge in [0.2, 0.25) is 0 Å². The van der Waals surface area contributed by atoms with Gasteiger partial charge in [-0.2, -0.15) is 0 Å². The Balaban J connectivity index is 3.79. The maximum atomic E-state index is 8.98. The van der Waals surface area contributed by atoms with Crippen molar-refractivity contribution < 1.29 is 5.11 Å². The maximum absolute atomic E-state index is 8.98. The summed E-state index contributed by atoms with van der Waals surface area (Å²) >= 11 is 0. The highest BCUT2D eigenvalue weighted by Crippen LogP contribution is 2.29.